The third kappa shape index (κ3) is 3.30. The molecule has 0 atom stereocenters. The minimum atomic E-state index is -0.909. The van der Waals surface area contributed by atoms with Gasteiger partial charge in [0.1, 0.15) is 0 Å². The molecule has 0 fully saturated rings. The van der Waals surface area contributed by atoms with Gasteiger partial charge < -0.3 is 10.1 Å². The van der Waals surface area contributed by atoms with Crippen LogP contribution in [0.15, 0.2) is 51.7 Å². The maximum atomic E-state index is 12.3. The highest BCUT2D eigenvalue weighted by Gasteiger charge is 2.09. The first-order valence-electron chi connectivity index (χ1n) is 6.77. The highest BCUT2D eigenvalue weighted by atomic mass is 79.9. The second-order valence-corrected chi connectivity index (χ2v) is 6.40. The van der Waals surface area contributed by atoms with Gasteiger partial charge in [-0.3, -0.25) is 9.59 Å². The molecule has 0 aliphatic carbocycles. The fraction of sp³-hybridized carbons (Fsp3) is 0.0588. The SMILES string of the molecule is O=C(O)Cc1cccc(-c2cc3cc(Br)c(Cl)cc3[nH]c2=O)c1. The molecule has 6 heteroatoms. The van der Waals surface area contributed by atoms with Crippen LogP contribution in [-0.2, 0) is 11.2 Å². The molecular weight excluding hydrogens is 382 g/mol. The Morgan fingerprint density at radius 2 is 2.00 bits per heavy atom. The van der Waals surface area contributed by atoms with E-state index in [2.05, 4.69) is 20.9 Å². The van der Waals surface area contributed by atoms with Gasteiger partial charge in [0, 0.05) is 20.9 Å². The molecule has 3 aromatic rings. The number of hydrogen-bond acceptors (Lipinski definition) is 2. The first kappa shape index (κ1) is 15.8. The Labute approximate surface area is 144 Å². The molecule has 23 heavy (non-hydrogen) atoms. The van der Waals surface area contributed by atoms with Crippen LogP contribution in [-0.4, -0.2) is 16.1 Å². The van der Waals surface area contributed by atoms with E-state index in [1.54, 1.807) is 36.4 Å². The van der Waals surface area contributed by atoms with Crippen molar-refractivity contribution in [3.63, 3.8) is 0 Å². The predicted molar refractivity (Wildman–Crippen MR) is 94.1 cm³/mol. The minimum Gasteiger partial charge on any atom is -0.481 e. The lowest BCUT2D eigenvalue weighted by Crippen LogP contribution is -2.09. The number of fused-ring (bicyclic) bond motifs is 1. The fourth-order valence-electron chi connectivity index (χ4n) is 2.44. The summed E-state index contributed by atoms with van der Waals surface area (Å²) in [6.45, 7) is 0. The highest BCUT2D eigenvalue weighted by molar-refractivity contribution is 9.10. The van der Waals surface area contributed by atoms with E-state index in [1.165, 1.54) is 0 Å². The van der Waals surface area contributed by atoms with Gasteiger partial charge in [-0.2, -0.15) is 0 Å². The maximum Gasteiger partial charge on any atom is 0.307 e. The highest BCUT2D eigenvalue weighted by Crippen LogP contribution is 2.28. The molecule has 0 amide bonds. The third-order valence-corrected chi connectivity index (χ3v) is 4.68. The molecule has 0 aliphatic rings. The Morgan fingerprint density at radius 3 is 2.74 bits per heavy atom. The van der Waals surface area contributed by atoms with E-state index in [0.717, 1.165) is 9.86 Å². The van der Waals surface area contributed by atoms with E-state index < -0.39 is 5.97 Å². The van der Waals surface area contributed by atoms with Crippen LogP contribution < -0.4 is 5.56 Å². The number of aromatic amines is 1. The number of rotatable bonds is 3. The first-order valence-corrected chi connectivity index (χ1v) is 7.94. The number of halogens is 2. The minimum absolute atomic E-state index is 0.0829. The molecule has 3 rings (SSSR count). The van der Waals surface area contributed by atoms with Crippen LogP contribution in [0.3, 0.4) is 0 Å². The number of benzene rings is 2. The Morgan fingerprint density at radius 1 is 1.22 bits per heavy atom. The topological polar surface area (TPSA) is 70.2 Å². The summed E-state index contributed by atoms with van der Waals surface area (Å²) in [6, 6.07) is 12.3. The smallest absolute Gasteiger partial charge is 0.307 e. The average Bonchev–Trinajstić information content (AvgIpc) is 2.48. The molecule has 0 saturated heterocycles. The summed E-state index contributed by atoms with van der Waals surface area (Å²) >= 11 is 9.41. The van der Waals surface area contributed by atoms with Gasteiger partial charge in [0.05, 0.1) is 11.4 Å². The Bertz CT molecular complexity index is 981. The van der Waals surface area contributed by atoms with Crippen molar-refractivity contribution < 1.29 is 9.90 Å². The number of aromatic nitrogens is 1. The van der Waals surface area contributed by atoms with Gasteiger partial charge >= 0.3 is 5.97 Å². The summed E-state index contributed by atoms with van der Waals surface area (Å²) < 4.78 is 0.740. The molecule has 0 aliphatic heterocycles. The van der Waals surface area contributed by atoms with Crippen LogP contribution in [0.1, 0.15) is 5.56 Å². The van der Waals surface area contributed by atoms with Crippen molar-refractivity contribution in [3.05, 3.63) is 67.9 Å². The van der Waals surface area contributed by atoms with Crippen LogP contribution in [0.2, 0.25) is 5.02 Å². The summed E-state index contributed by atoms with van der Waals surface area (Å²) in [5.74, 6) is -0.909. The van der Waals surface area contributed by atoms with E-state index in [4.69, 9.17) is 16.7 Å². The van der Waals surface area contributed by atoms with E-state index >= 15 is 0 Å². The van der Waals surface area contributed by atoms with Crippen LogP contribution >= 0.6 is 27.5 Å². The van der Waals surface area contributed by atoms with Crippen LogP contribution in [0.4, 0.5) is 0 Å². The molecule has 4 nitrogen and oxygen atoms in total. The molecule has 0 spiro atoms. The van der Waals surface area contributed by atoms with E-state index in [-0.39, 0.29) is 12.0 Å². The Kier molecular flexibility index (Phi) is 4.24. The second kappa shape index (κ2) is 6.18. The quantitative estimate of drug-likeness (QED) is 0.700. The molecular formula is C17H11BrClNO3. The van der Waals surface area contributed by atoms with Crippen molar-refractivity contribution in [1.82, 2.24) is 4.98 Å². The van der Waals surface area contributed by atoms with Gasteiger partial charge in [0.15, 0.2) is 0 Å². The van der Waals surface area contributed by atoms with Crippen molar-refractivity contribution in [3.8, 4) is 11.1 Å². The van der Waals surface area contributed by atoms with Gasteiger partial charge in [-0.05, 0) is 45.3 Å². The number of pyridine rings is 1. The maximum absolute atomic E-state index is 12.3. The zero-order valence-electron chi connectivity index (χ0n) is 11.8. The second-order valence-electron chi connectivity index (χ2n) is 5.14. The molecule has 0 unspecified atom stereocenters. The van der Waals surface area contributed by atoms with Gasteiger partial charge in [-0.25, -0.2) is 0 Å². The molecule has 2 aromatic carbocycles. The number of nitrogens with one attached hydrogen (secondary N) is 1. The van der Waals surface area contributed by atoms with E-state index in [0.29, 0.717) is 27.2 Å². The zero-order valence-corrected chi connectivity index (χ0v) is 14.1. The lowest BCUT2D eigenvalue weighted by Gasteiger charge is -2.07. The zero-order chi connectivity index (χ0) is 16.6. The van der Waals surface area contributed by atoms with Crippen LogP contribution in [0.25, 0.3) is 22.0 Å². The Balaban J connectivity index is 2.16. The summed E-state index contributed by atoms with van der Waals surface area (Å²) in [6.07, 6.45) is -0.0829. The van der Waals surface area contributed by atoms with Crippen molar-refractivity contribution in [2.24, 2.45) is 0 Å². The number of H-pyrrole nitrogens is 1. The van der Waals surface area contributed by atoms with Gasteiger partial charge in [0.25, 0.3) is 5.56 Å². The van der Waals surface area contributed by atoms with Crippen LogP contribution in [0, 0.1) is 0 Å². The molecule has 116 valence electrons. The fourth-order valence-corrected chi connectivity index (χ4v) is 2.96. The average molecular weight is 393 g/mol. The number of carboxylic acid groups (broad SMARTS) is 1. The van der Waals surface area contributed by atoms with Gasteiger partial charge in [-0.15, -0.1) is 0 Å². The van der Waals surface area contributed by atoms with Crippen molar-refractivity contribution in [1.29, 1.82) is 0 Å². The molecule has 1 aromatic heterocycles. The molecule has 1 heterocycles. The lowest BCUT2D eigenvalue weighted by atomic mass is 10.0. The molecule has 0 saturated carbocycles. The third-order valence-electron chi connectivity index (χ3n) is 3.48. The van der Waals surface area contributed by atoms with Gasteiger partial charge in [0.2, 0.25) is 0 Å². The number of hydrogen-bond donors (Lipinski definition) is 2. The lowest BCUT2D eigenvalue weighted by molar-refractivity contribution is -0.136. The number of carboxylic acids is 1. The van der Waals surface area contributed by atoms with Crippen molar-refractivity contribution in [2.45, 2.75) is 6.42 Å². The summed E-state index contributed by atoms with van der Waals surface area (Å²) in [5.41, 5.74) is 2.21. The van der Waals surface area contributed by atoms with Gasteiger partial charge in [-0.1, -0.05) is 35.9 Å². The van der Waals surface area contributed by atoms with Crippen molar-refractivity contribution >= 4 is 44.4 Å². The molecule has 0 bridgehead atoms. The largest absolute Gasteiger partial charge is 0.481 e. The Hall–Kier alpha value is -2.11. The summed E-state index contributed by atoms with van der Waals surface area (Å²) in [4.78, 5) is 26.0. The monoisotopic (exact) mass is 391 g/mol. The van der Waals surface area contributed by atoms with E-state index in [1.807, 2.05) is 6.07 Å². The molecule has 2 N–H and O–H groups in total. The normalized spacial score (nSPS) is 10.9. The summed E-state index contributed by atoms with van der Waals surface area (Å²) in [5, 5.41) is 10.2. The standard InChI is InChI=1S/C17H11BrClNO3/c18-13-7-11-6-12(17(23)20-15(11)8-14(13)19)10-3-1-2-9(4-10)5-16(21)22/h1-4,6-8H,5H2,(H,20,23)(H,21,22). The number of aliphatic carboxylic acids is 1. The number of carbonyl (C=O) groups is 1. The molecule has 0 radical (unpaired) electrons. The van der Waals surface area contributed by atoms with Crippen LogP contribution in [0.5, 0.6) is 0 Å². The van der Waals surface area contributed by atoms with Crippen molar-refractivity contribution in [2.75, 3.05) is 0 Å². The first-order chi connectivity index (χ1) is 10.9. The predicted octanol–water partition coefficient (Wildman–Crippen LogP) is 4.24. The summed E-state index contributed by atoms with van der Waals surface area (Å²) in [7, 11) is 0. The van der Waals surface area contributed by atoms with E-state index in [9.17, 15) is 9.59 Å².